The standard InChI is InChI=1S/C15H17F4N/c1-2-3-13(20)14(6-7-14)11-5-4-10(8-12(11)16)9-15(17,18)19/h4-5,8,20H,2-3,6-7,9H2,1H3. The molecule has 1 aliphatic carbocycles. The minimum atomic E-state index is -4.33. The average Bonchev–Trinajstić information content (AvgIpc) is 3.08. The molecule has 0 atom stereocenters. The van der Waals surface area contributed by atoms with Crippen molar-refractivity contribution in [3.05, 3.63) is 35.1 Å². The Hall–Kier alpha value is -1.39. The molecular weight excluding hydrogens is 270 g/mol. The van der Waals surface area contributed by atoms with Crippen LogP contribution in [0.15, 0.2) is 18.2 Å². The second-order valence-electron chi connectivity index (χ2n) is 5.42. The van der Waals surface area contributed by atoms with E-state index < -0.39 is 23.8 Å². The van der Waals surface area contributed by atoms with Gasteiger partial charge in [0, 0.05) is 11.1 Å². The summed E-state index contributed by atoms with van der Waals surface area (Å²) < 4.78 is 51.0. The Bertz CT molecular complexity index is 515. The van der Waals surface area contributed by atoms with Crippen LogP contribution < -0.4 is 0 Å². The topological polar surface area (TPSA) is 23.9 Å². The summed E-state index contributed by atoms with van der Waals surface area (Å²) in [6.07, 6.45) is -2.62. The lowest BCUT2D eigenvalue weighted by Gasteiger charge is -2.18. The molecule has 1 nitrogen and oxygen atoms in total. The molecular formula is C15H17F4N. The second-order valence-corrected chi connectivity index (χ2v) is 5.42. The maximum Gasteiger partial charge on any atom is 0.393 e. The van der Waals surface area contributed by atoms with E-state index in [2.05, 4.69) is 0 Å². The van der Waals surface area contributed by atoms with Gasteiger partial charge in [-0.25, -0.2) is 4.39 Å². The molecule has 0 saturated heterocycles. The second kappa shape index (κ2) is 5.19. The van der Waals surface area contributed by atoms with Gasteiger partial charge in [-0.05, 0) is 36.5 Å². The van der Waals surface area contributed by atoms with E-state index in [9.17, 15) is 17.6 Å². The fourth-order valence-corrected chi connectivity index (χ4v) is 2.64. The van der Waals surface area contributed by atoms with E-state index in [0.29, 0.717) is 30.5 Å². The van der Waals surface area contributed by atoms with Crippen LogP contribution in [0.3, 0.4) is 0 Å². The zero-order valence-electron chi connectivity index (χ0n) is 11.3. The van der Waals surface area contributed by atoms with E-state index >= 15 is 0 Å². The maximum absolute atomic E-state index is 14.1. The number of benzene rings is 1. The summed E-state index contributed by atoms with van der Waals surface area (Å²) in [5.74, 6) is -0.620. The van der Waals surface area contributed by atoms with Crippen molar-refractivity contribution in [3.63, 3.8) is 0 Å². The highest BCUT2D eigenvalue weighted by Gasteiger charge is 2.49. The molecule has 110 valence electrons. The van der Waals surface area contributed by atoms with Gasteiger partial charge in [-0.3, -0.25) is 0 Å². The summed E-state index contributed by atoms with van der Waals surface area (Å²) in [4.78, 5) is 0. The first-order valence-corrected chi connectivity index (χ1v) is 6.72. The Morgan fingerprint density at radius 2 is 1.95 bits per heavy atom. The van der Waals surface area contributed by atoms with Crippen molar-refractivity contribution >= 4 is 5.71 Å². The molecule has 0 bridgehead atoms. The summed E-state index contributed by atoms with van der Waals surface area (Å²) in [5, 5.41) is 8.04. The van der Waals surface area contributed by atoms with Gasteiger partial charge >= 0.3 is 6.18 Å². The van der Waals surface area contributed by atoms with Gasteiger partial charge in [-0.15, -0.1) is 0 Å². The SMILES string of the molecule is CCCC(=N)C1(c2ccc(CC(F)(F)F)cc2F)CC1. The molecule has 1 saturated carbocycles. The van der Waals surface area contributed by atoms with Crippen molar-refractivity contribution < 1.29 is 17.6 Å². The Labute approximate surface area is 115 Å². The molecule has 0 spiro atoms. The molecule has 5 heteroatoms. The van der Waals surface area contributed by atoms with E-state index in [1.165, 1.54) is 12.1 Å². The summed E-state index contributed by atoms with van der Waals surface area (Å²) in [6, 6.07) is 3.71. The molecule has 1 N–H and O–H groups in total. The van der Waals surface area contributed by atoms with Crippen LogP contribution in [0.25, 0.3) is 0 Å². The minimum absolute atomic E-state index is 0.0726. The third kappa shape index (κ3) is 3.02. The van der Waals surface area contributed by atoms with Crippen LogP contribution >= 0.6 is 0 Å². The van der Waals surface area contributed by atoms with Gasteiger partial charge < -0.3 is 5.41 Å². The van der Waals surface area contributed by atoms with Crippen molar-refractivity contribution in [3.8, 4) is 0 Å². The number of alkyl halides is 3. The Balaban J connectivity index is 2.25. The average molecular weight is 287 g/mol. The van der Waals surface area contributed by atoms with Crippen LogP contribution in [0.5, 0.6) is 0 Å². The van der Waals surface area contributed by atoms with Gasteiger partial charge in [0.25, 0.3) is 0 Å². The lowest BCUT2D eigenvalue weighted by molar-refractivity contribution is -0.127. The number of rotatable bonds is 5. The summed E-state index contributed by atoms with van der Waals surface area (Å²) in [7, 11) is 0. The van der Waals surface area contributed by atoms with Crippen LogP contribution in [0.1, 0.15) is 43.7 Å². The highest BCUT2D eigenvalue weighted by atomic mass is 19.4. The normalized spacial score (nSPS) is 17.1. The molecule has 1 fully saturated rings. The molecule has 20 heavy (non-hydrogen) atoms. The molecule has 1 aliphatic rings. The molecule has 1 aromatic carbocycles. The van der Waals surface area contributed by atoms with Gasteiger partial charge in [0.1, 0.15) is 5.82 Å². The molecule has 2 rings (SSSR count). The first kappa shape index (κ1) is 15.0. The Morgan fingerprint density at radius 3 is 2.40 bits per heavy atom. The van der Waals surface area contributed by atoms with E-state index in [4.69, 9.17) is 5.41 Å². The Morgan fingerprint density at radius 1 is 1.30 bits per heavy atom. The lowest BCUT2D eigenvalue weighted by atomic mass is 9.87. The third-order valence-electron chi connectivity index (χ3n) is 3.78. The van der Waals surface area contributed by atoms with Gasteiger partial charge in [0.05, 0.1) is 6.42 Å². The van der Waals surface area contributed by atoms with Crippen LogP contribution in [-0.4, -0.2) is 11.9 Å². The fraction of sp³-hybridized carbons (Fsp3) is 0.533. The monoisotopic (exact) mass is 287 g/mol. The van der Waals surface area contributed by atoms with Gasteiger partial charge in [0.2, 0.25) is 0 Å². The van der Waals surface area contributed by atoms with Crippen molar-refractivity contribution in [2.45, 2.75) is 50.6 Å². The van der Waals surface area contributed by atoms with Crippen molar-refractivity contribution in [2.75, 3.05) is 0 Å². The zero-order valence-corrected chi connectivity index (χ0v) is 11.3. The molecule has 1 aromatic rings. The predicted molar refractivity (Wildman–Crippen MR) is 69.7 cm³/mol. The first-order chi connectivity index (χ1) is 9.28. The molecule has 0 amide bonds. The van der Waals surface area contributed by atoms with Crippen LogP contribution in [0.2, 0.25) is 0 Å². The third-order valence-corrected chi connectivity index (χ3v) is 3.78. The number of halogens is 4. The first-order valence-electron chi connectivity index (χ1n) is 6.72. The van der Waals surface area contributed by atoms with E-state index in [-0.39, 0.29) is 5.56 Å². The largest absolute Gasteiger partial charge is 0.393 e. The van der Waals surface area contributed by atoms with Gasteiger partial charge in [0.15, 0.2) is 0 Å². The predicted octanol–water partition coefficient (Wildman–Crippen LogP) is 4.78. The summed E-state index contributed by atoms with van der Waals surface area (Å²) in [6.45, 7) is 1.95. The quantitative estimate of drug-likeness (QED) is 0.595. The van der Waals surface area contributed by atoms with E-state index in [0.717, 1.165) is 12.5 Å². The molecule has 0 unspecified atom stereocenters. The van der Waals surface area contributed by atoms with Crippen LogP contribution in [0.4, 0.5) is 17.6 Å². The summed E-state index contributed by atoms with van der Waals surface area (Å²) in [5.41, 5.74) is 0.234. The minimum Gasteiger partial charge on any atom is -0.309 e. The van der Waals surface area contributed by atoms with Crippen molar-refractivity contribution in [1.82, 2.24) is 0 Å². The number of hydrogen-bond acceptors (Lipinski definition) is 1. The van der Waals surface area contributed by atoms with Crippen molar-refractivity contribution in [2.24, 2.45) is 0 Å². The van der Waals surface area contributed by atoms with Gasteiger partial charge in [-0.2, -0.15) is 13.2 Å². The fourth-order valence-electron chi connectivity index (χ4n) is 2.64. The number of nitrogens with one attached hydrogen (secondary N) is 1. The Kier molecular flexibility index (Phi) is 3.89. The molecule has 0 aromatic heterocycles. The lowest BCUT2D eigenvalue weighted by Crippen LogP contribution is -2.21. The van der Waals surface area contributed by atoms with Crippen molar-refractivity contribution in [1.29, 1.82) is 5.41 Å². The number of hydrogen-bond donors (Lipinski definition) is 1. The van der Waals surface area contributed by atoms with Crippen LogP contribution in [-0.2, 0) is 11.8 Å². The highest BCUT2D eigenvalue weighted by Crippen LogP contribution is 2.51. The smallest absolute Gasteiger partial charge is 0.309 e. The van der Waals surface area contributed by atoms with Crippen LogP contribution in [0, 0.1) is 11.2 Å². The van der Waals surface area contributed by atoms with Gasteiger partial charge in [-0.1, -0.05) is 25.5 Å². The van der Waals surface area contributed by atoms with E-state index in [1.807, 2.05) is 6.92 Å². The maximum atomic E-state index is 14.1. The zero-order chi connectivity index (χ0) is 15.0. The highest BCUT2D eigenvalue weighted by molar-refractivity contribution is 5.95. The molecule has 0 heterocycles. The summed E-state index contributed by atoms with van der Waals surface area (Å²) >= 11 is 0. The molecule has 0 aliphatic heterocycles. The van der Waals surface area contributed by atoms with E-state index in [1.54, 1.807) is 0 Å². The molecule has 0 radical (unpaired) electrons.